The average molecular weight is 486 g/mol. The highest BCUT2D eigenvalue weighted by molar-refractivity contribution is 6.03. The van der Waals surface area contributed by atoms with Crippen LogP contribution in [0.4, 0.5) is 10.5 Å². The minimum atomic E-state index is -0.769. The van der Waals surface area contributed by atoms with Crippen molar-refractivity contribution in [3.8, 4) is 22.5 Å². The van der Waals surface area contributed by atoms with Crippen LogP contribution in [0, 0.1) is 0 Å². The molecule has 2 aliphatic rings. The molecule has 8 nitrogen and oxygen atoms in total. The van der Waals surface area contributed by atoms with Crippen molar-refractivity contribution in [1.29, 1.82) is 0 Å². The summed E-state index contributed by atoms with van der Waals surface area (Å²) in [5.41, 5.74) is 5.13. The lowest BCUT2D eigenvalue weighted by Gasteiger charge is -2.30. The van der Waals surface area contributed by atoms with Crippen molar-refractivity contribution in [2.75, 3.05) is 4.90 Å². The summed E-state index contributed by atoms with van der Waals surface area (Å²) in [6, 6.07) is 14.9. The van der Waals surface area contributed by atoms with Gasteiger partial charge in [-0.15, -0.1) is 5.10 Å². The van der Waals surface area contributed by atoms with Gasteiger partial charge in [-0.05, 0) is 50.7 Å². The third kappa shape index (κ3) is 4.76. The molecule has 0 saturated carbocycles. The zero-order valence-corrected chi connectivity index (χ0v) is 20.7. The lowest BCUT2D eigenvalue weighted by atomic mass is 9.95. The van der Waals surface area contributed by atoms with Gasteiger partial charge in [-0.3, -0.25) is 4.79 Å². The van der Waals surface area contributed by atoms with Crippen LogP contribution in [0.15, 0.2) is 60.7 Å². The van der Waals surface area contributed by atoms with Gasteiger partial charge in [-0.25, -0.2) is 9.48 Å². The zero-order valence-electron chi connectivity index (χ0n) is 20.7. The van der Waals surface area contributed by atoms with Crippen LogP contribution in [0.3, 0.4) is 0 Å². The fourth-order valence-corrected chi connectivity index (χ4v) is 4.99. The zero-order chi connectivity index (χ0) is 25.1. The number of aryl methyl sites for hydroxylation is 1. The number of carbonyl (C=O) groups excluding carboxylic acids is 2. The average Bonchev–Trinajstić information content (AvgIpc) is 3.23. The number of fused-ring (bicyclic) bond motifs is 5. The van der Waals surface area contributed by atoms with Crippen LogP contribution < -0.4 is 10.2 Å². The van der Waals surface area contributed by atoms with Crippen molar-refractivity contribution < 1.29 is 14.3 Å². The Morgan fingerprint density at radius 1 is 1.03 bits per heavy atom. The summed E-state index contributed by atoms with van der Waals surface area (Å²) in [4.78, 5) is 28.2. The second kappa shape index (κ2) is 10.4. The first-order valence-electron chi connectivity index (χ1n) is 12.5. The van der Waals surface area contributed by atoms with Crippen molar-refractivity contribution in [3.63, 3.8) is 0 Å². The van der Waals surface area contributed by atoms with E-state index in [9.17, 15) is 9.59 Å². The third-order valence-electron chi connectivity index (χ3n) is 6.84. The summed E-state index contributed by atoms with van der Waals surface area (Å²) >= 11 is 0. The predicted molar refractivity (Wildman–Crippen MR) is 138 cm³/mol. The molecule has 0 radical (unpaired) electrons. The molecule has 1 aliphatic carbocycles. The normalized spacial score (nSPS) is 18.7. The van der Waals surface area contributed by atoms with E-state index < -0.39 is 12.1 Å². The largest absolute Gasteiger partial charge is 0.446 e. The van der Waals surface area contributed by atoms with Gasteiger partial charge in [-0.2, -0.15) is 0 Å². The molecular weight excluding hydrogens is 454 g/mol. The third-order valence-corrected chi connectivity index (χ3v) is 6.84. The maximum Gasteiger partial charge on any atom is 0.408 e. The van der Waals surface area contributed by atoms with E-state index in [1.807, 2.05) is 55.6 Å². The van der Waals surface area contributed by atoms with Gasteiger partial charge in [0.1, 0.15) is 17.8 Å². The Kier molecular flexibility index (Phi) is 6.84. The number of anilines is 1. The van der Waals surface area contributed by atoms with E-state index in [2.05, 4.69) is 27.8 Å². The lowest BCUT2D eigenvalue weighted by Crippen LogP contribution is -2.48. The summed E-state index contributed by atoms with van der Waals surface area (Å²) in [6.07, 6.45) is 8.13. The molecule has 0 fully saturated rings. The number of nitrogens with one attached hydrogen (secondary N) is 1. The van der Waals surface area contributed by atoms with E-state index in [0.29, 0.717) is 6.54 Å². The second-order valence-corrected chi connectivity index (χ2v) is 9.38. The van der Waals surface area contributed by atoms with Crippen molar-refractivity contribution in [2.24, 2.45) is 7.05 Å². The van der Waals surface area contributed by atoms with Gasteiger partial charge >= 0.3 is 6.09 Å². The highest BCUT2D eigenvalue weighted by Crippen LogP contribution is 2.40. The summed E-state index contributed by atoms with van der Waals surface area (Å²) < 4.78 is 7.42. The maximum absolute atomic E-state index is 13.8. The lowest BCUT2D eigenvalue weighted by molar-refractivity contribution is -0.120. The van der Waals surface area contributed by atoms with E-state index in [-0.39, 0.29) is 12.0 Å². The molecule has 2 amide bonds. The van der Waals surface area contributed by atoms with E-state index in [1.165, 1.54) is 0 Å². The van der Waals surface area contributed by atoms with E-state index in [0.717, 1.165) is 65.9 Å². The quantitative estimate of drug-likeness (QED) is 0.528. The monoisotopic (exact) mass is 485 g/mol. The van der Waals surface area contributed by atoms with Crippen molar-refractivity contribution in [2.45, 2.75) is 57.7 Å². The van der Waals surface area contributed by atoms with Gasteiger partial charge in [0.2, 0.25) is 5.91 Å². The summed E-state index contributed by atoms with van der Waals surface area (Å²) in [6.45, 7) is 2.05. The number of carbonyl (C=O) groups is 2. The number of aromatic nitrogens is 3. The van der Waals surface area contributed by atoms with E-state index in [4.69, 9.17) is 4.74 Å². The van der Waals surface area contributed by atoms with Crippen LogP contribution in [0.25, 0.3) is 22.5 Å². The van der Waals surface area contributed by atoms with Crippen molar-refractivity contribution in [3.05, 3.63) is 66.2 Å². The van der Waals surface area contributed by atoms with Crippen molar-refractivity contribution in [1.82, 2.24) is 20.3 Å². The fraction of sp³-hybridized carbons (Fsp3) is 0.357. The molecule has 1 aliphatic heterocycles. The summed E-state index contributed by atoms with van der Waals surface area (Å²) in [7, 11) is 1.85. The molecule has 2 aromatic carbocycles. The van der Waals surface area contributed by atoms with Crippen LogP contribution in [-0.2, 0) is 23.1 Å². The minimum Gasteiger partial charge on any atom is -0.446 e. The Morgan fingerprint density at radius 2 is 1.78 bits per heavy atom. The number of allylic oxidation sites excluding steroid dienone is 2. The molecule has 0 bridgehead atoms. The summed E-state index contributed by atoms with van der Waals surface area (Å²) in [5.74, 6) is -0.214. The molecule has 5 rings (SSSR count). The van der Waals surface area contributed by atoms with Gasteiger partial charge in [0.15, 0.2) is 0 Å². The molecule has 1 unspecified atom stereocenters. The Balaban J connectivity index is 1.42. The molecule has 0 spiro atoms. The molecule has 1 N–H and O–H groups in total. The molecule has 2 heterocycles. The van der Waals surface area contributed by atoms with Gasteiger partial charge in [-0.1, -0.05) is 59.8 Å². The standard InChI is InChI=1S/C28H31N5O3/c1-19(29-28(35)36-21-13-6-4-3-5-7-14-21)27(34)33-18-20-12-8-9-15-22(20)25-26(32(2)31-30-25)23-16-10-11-17-24(23)33/h3-4,8-12,15-17,19,21H,5-7,13-14,18H2,1-2H3,(H,29,35)/b4-3+/t19?,21-/m0/s1. The number of hydrogen-bond donors (Lipinski definition) is 1. The number of ether oxygens (including phenoxy) is 1. The molecule has 36 heavy (non-hydrogen) atoms. The number of hydrogen-bond acceptors (Lipinski definition) is 5. The smallest absolute Gasteiger partial charge is 0.408 e. The number of rotatable bonds is 3. The number of nitrogens with zero attached hydrogens (tertiary/aromatic N) is 4. The van der Waals surface area contributed by atoms with Gasteiger partial charge in [0.25, 0.3) is 0 Å². The van der Waals surface area contributed by atoms with Crippen LogP contribution in [0.2, 0.25) is 0 Å². The van der Waals surface area contributed by atoms with Gasteiger partial charge in [0, 0.05) is 18.2 Å². The molecule has 0 saturated heterocycles. The Hall–Kier alpha value is -3.94. The van der Waals surface area contributed by atoms with E-state index >= 15 is 0 Å². The van der Waals surface area contributed by atoms with Gasteiger partial charge < -0.3 is 15.0 Å². The van der Waals surface area contributed by atoms with E-state index in [1.54, 1.807) is 16.5 Å². The highest BCUT2D eigenvalue weighted by atomic mass is 16.6. The second-order valence-electron chi connectivity index (χ2n) is 9.38. The first-order chi connectivity index (χ1) is 17.5. The fourth-order valence-electron chi connectivity index (χ4n) is 4.99. The summed E-state index contributed by atoms with van der Waals surface area (Å²) in [5, 5.41) is 11.5. The molecule has 8 heteroatoms. The number of alkyl carbamates (subject to hydrolysis) is 1. The van der Waals surface area contributed by atoms with Crippen molar-refractivity contribution >= 4 is 17.7 Å². The first-order valence-corrected chi connectivity index (χ1v) is 12.5. The van der Waals surface area contributed by atoms with Crippen LogP contribution in [0.1, 0.15) is 44.6 Å². The molecular formula is C28H31N5O3. The van der Waals surface area contributed by atoms with Crippen LogP contribution in [-0.4, -0.2) is 39.1 Å². The number of benzene rings is 2. The topological polar surface area (TPSA) is 89.3 Å². The SMILES string of the molecule is CC(NC(=O)O[C@H]1CC/C=C/CCC1)C(=O)N1Cc2ccccc2-c2nnn(C)c2-c2ccccc21. The Morgan fingerprint density at radius 3 is 2.64 bits per heavy atom. The molecule has 1 aromatic heterocycles. The highest BCUT2D eigenvalue weighted by Gasteiger charge is 2.31. The number of amides is 2. The Bertz CT molecular complexity index is 1300. The first kappa shape index (κ1) is 23.8. The minimum absolute atomic E-state index is 0.137. The van der Waals surface area contributed by atoms with Crippen LogP contribution >= 0.6 is 0 Å². The Labute approximate surface area is 210 Å². The predicted octanol–water partition coefficient (Wildman–Crippen LogP) is 5.00. The molecule has 186 valence electrons. The van der Waals surface area contributed by atoms with Gasteiger partial charge in [0.05, 0.1) is 17.9 Å². The molecule has 2 atom stereocenters. The number of para-hydroxylation sites is 1. The maximum atomic E-state index is 13.8. The van der Waals surface area contributed by atoms with Crippen LogP contribution in [0.5, 0.6) is 0 Å². The molecule has 3 aromatic rings.